The number of hydrogen-bond donors (Lipinski definition) is 1. The molecule has 1 unspecified atom stereocenters. The summed E-state index contributed by atoms with van der Waals surface area (Å²) in [6.45, 7) is 1.65. The first-order valence-corrected chi connectivity index (χ1v) is 9.52. The number of hydrogen-bond acceptors (Lipinski definition) is 5. The SMILES string of the molecule is COCCOc1ccc(NC(=O)C(C)S(=O)(=O)c2ccc(F)cc2)cc1F. The van der Waals surface area contributed by atoms with Crippen LogP contribution < -0.4 is 10.1 Å². The van der Waals surface area contributed by atoms with Crippen molar-refractivity contribution < 1.29 is 31.5 Å². The maximum absolute atomic E-state index is 14.0. The van der Waals surface area contributed by atoms with Gasteiger partial charge in [-0.3, -0.25) is 4.79 Å². The van der Waals surface area contributed by atoms with E-state index < -0.39 is 32.6 Å². The van der Waals surface area contributed by atoms with Gasteiger partial charge in [-0.2, -0.15) is 0 Å². The molecule has 2 aromatic rings. The Bertz CT molecular complexity index is 900. The van der Waals surface area contributed by atoms with Crippen molar-refractivity contribution in [1.82, 2.24) is 0 Å². The van der Waals surface area contributed by atoms with Gasteiger partial charge in [0.05, 0.1) is 11.5 Å². The molecule has 2 aromatic carbocycles. The van der Waals surface area contributed by atoms with Crippen LogP contribution in [0.4, 0.5) is 14.5 Å². The molecule has 0 saturated heterocycles. The molecule has 2 rings (SSSR count). The monoisotopic (exact) mass is 399 g/mol. The van der Waals surface area contributed by atoms with Gasteiger partial charge in [-0.15, -0.1) is 0 Å². The van der Waals surface area contributed by atoms with E-state index in [0.29, 0.717) is 0 Å². The summed E-state index contributed by atoms with van der Waals surface area (Å²) in [7, 11) is -2.53. The molecular formula is C18H19F2NO5S. The van der Waals surface area contributed by atoms with Gasteiger partial charge in [-0.1, -0.05) is 0 Å². The Morgan fingerprint density at radius 2 is 1.78 bits per heavy atom. The molecule has 0 fully saturated rings. The van der Waals surface area contributed by atoms with Gasteiger partial charge in [0.25, 0.3) is 0 Å². The molecule has 0 aliphatic carbocycles. The first kappa shape index (κ1) is 20.8. The van der Waals surface area contributed by atoms with E-state index in [1.807, 2.05) is 0 Å². The van der Waals surface area contributed by atoms with E-state index in [1.165, 1.54) is 26.2 Å². The normalized spacial score (nSPS) is 12.4. The van der Waals surface area contributed by atoms with Crippen LogP contribution in [0.3, 0.4) is 0 Å². The molecule has 0 bridgehead atoms. The highest BCUT2D eigenvalue weighted by Crippen LogP contribution is 2.23. The molecule has 9 heteroatoms. The lowest BCUT2D eigenvalue weighted by molar-refractivity contribution is -0.115. The highest BCUT2D eigenvalue weighted by atomic mass is 32.2. The zero-order chi connectivity index (χ0) is 20.0. The minimum Gasteiger partial charge on any atom is -0.488 e. The van der Waals surface area contributed by atoms with Crippen LogP contribution in [0.2, 0.25) is 0 Å². The third-order valence-electron chi connectivity index (χ3n) is 3.72. The third kappa shape index (κ3) is 5.24. The average molecular weight is 399 g/mol. The number of benzene rings is 2. The van der Waals surface area contributed by atoms with Gasteiger partial charge in [-0.05, 0) is 43.3 Å². The largest absolute Gasteiger partial charge is 0.488 e. The minimum atomic E-state index is -4.02. The van der Waals surface area contributed by atoms with E-state index in [-0.39, 0.29) is 29.5 Å². The van der Waals surface area contributed by atoms with Crippen molar-refractivity contribution in [1.29, 1.82) is 0 Å². The van der Waals surface area contributed by atoms with Gasteiger partial charge in [0.1, 0.15) is 17.7 Å². The second-order valence-corrected chi connectivity index (χ2v) is 7.89. The van der Waals surface area contributed by atoms with Crippen molar-refractivity contribution in [3.05, 3.63) is 54.1 Å². The van der Waals surface area contributed by atoms with Crippen LogP contribution in [0.15, 0.2) is 47.4 Å². The van der Waals surface area contributed by atoms with Gasteiger partial charge >= 0.3 is 0 Å². The molecule has 1 N–H and O–H groups in total. The predicted molar refractivity (Wildman–Crippen MR) is 95.4 cm³/mol. The average Bonchev–Trinajstić information content (AvgIpc) is 2.63. The van der Waals surface area contributed by atoms with Crippen LogP contribution in [0.25, 0.3) is 0 Å². The van der Waals surface area contributed by atoms with Crippen LogP contribution in [0.1, 0.15) is 6.92 Å². The fraction of sp³-hybridized carbons (Fsp3) is 0.278. The third-order valence-corrected chi connectivity index (χ3v) is 5.80. The molecular weight excluding hydrogens is 380 g/mol. The van der Waals surface area contributed by atoms with Crippen LogP contribution in [-0.4, -0.2) is 39.9 Å². The summed E-state index contributed by atoms with van der Waals surface area (Å²) in [6, 6.07) is 7.89. The molecule has 0 spiro atoms. The van der Waals surface area contributed by atoms with Crippen molar-refractivity contribution in [2.45, 2.75) is 17.1 Å². The molecule has 1 amide bonds. The number of carbonyl (C=O) groups excluding carboxylic acids is 1. The zero-order valence-corrected chi connectivity index (χ0v) is 15.6. The number of carbonyl (C=O) groups is 1. The highest BCUT2D eigenvalue weighted by molar-refractivity contribution is 7.92. The van der Waals surface area contributed by atoms with Gasteiger partial charge < -0.3 is 14.8 Å². The van der Waals surface area contributed by atoms with E-state index >= 15 is 0 Å². The maximum atomic E-state index is 14.0. The van der Waals surface area contributed by atoms with E-state index in [2.05, 4.69) is 5.32 Å². The lowest BCUT2D eigenvalue weighted by atomic mass is 10.2. The fourth-order valence-corrected chi connectivity index (χ4v) is 3.41. The van der Waals surface area contributed by atoms with Crippen molar-refractivity contribution in [2.75, 3.05) is 25.6 Å². The van der Waals surface area contributed by atoms with E-state index in [0.717, 1.165) is 30.3 Å². The summed E-state index contributed by atoms with van der Waals surface area (Å²) >= 11 is 0. The summed E-state index contributed by atoms with van der Waals surface area (Å²) in [4.78, 5) is 12.1. The Kier molecular flexibility index (Phi) is 6.86. The summed E-state index contributed by atoms with van der Waals surface area (Å²) in [5.41, 5.74) is 0.0812. The van der Waals surface area contributed by atoms with Gasteiger partial charge in [0.2, 0.25) is 5.91 Å². The number of methoxy groups -OCH3 is 1. The molecule has 27 heavy (non-hydrogen) atoms. The molecule has 0 aliphatic rings. The summed E-state index contributed by atoms with van der Waals surface area (Å²) in [6.07, 6.45) is 0. The molecule has 1 atom stereocenters. The van der Waals surface area contributed by atoms with E-state index in [9.17, 15) is 22.0 Å². The molecule has 0 aliphatic heterocycles. The molecule has 6 nitrogen and oxygen atoms in total. The van der Waals surface area contributed by atoms with E-state index in [1.54, 1.807) is 0 Å². The number of halogens is 2. The van der Waals surface area contributed by atoms with Crippen molar-refractivity contribution in [2.24, 2.45) is 0 Å². The Hall–Kier alpha value is -2.52. The second kappa shape index (κ2) is 8.92. The van der Waals surface area contributed by atoms with Gasteiger partial charge in [-0.25, -0.2) is 17.2 Å². The first-order chi connectivity index (χ1) is 12.8. The second-order valence-electron chi connectivity index (χ2n) is 5.62. The number of amides is 1. The summed E-state index contributed by atoms with van der Waals surface area (Å²) in [5.74, 6) is -2.16. The van der Waals surface area contributed by atoms with Crippen molar-refractivity contribution in [3.63, 3.8) is 0 Å². The Morgan fingerprint density at radius 1 is 1.11 bits per heavy atom. The molecule has 0 radical (unpaired) electrons. The summed E-state index contributed by atoms with van der Waals surface area (Å²) in [5, 5.41) is 0.897. The quantitative estimate of drug-likeness (QED) is 0.545. The lowest BCUT2D eigenvalue weighted by Crippen LogP contribution is -2.32. The van der Waals surface area contributed by atoms with E-state index in [4.69, 9.17) is 9.47 Å². The number of rotatable bonds is 8. The van der Waals surface area contributed by atoms with Crippen LogP contribution in [-0.2, 0) is 19.4 Å². The zero-order valence-electron chi connectivity index (χ0n) is 14.7. The number of sulfone groups is 1. The van der Waals surface area contributed by atoms with Crippen LogP contribution in [0, 0.1) is 11.6 Å². The molecule has 146 valence electrons. The molecule has 0 saturated carbocycles. The Balaban J connectivity index is 2.09. The van der Waals surface area contributed by atoms with Gasteiger partial charge in [0.15, 0.2) is 21.4 Å². The summed E-state index contributed by atoms with van der Waals surface area (Å²) < 4.78 is 61.8. The fourth-order valence-electron chi connectivity index (χ4n) is 2.14. The maximum Gasteiger partial charge on any atom is 0.242 e. The van der Waals surface area contributed by atoms with Gasteiger partial charge in [0, 0.05) is 18.9 Å². The molecule has 0 heterocycles. The Labute approximate surface area is 156 Å². The molecule has 0 aromatic heterocycles. The standard InChI is InChI=1S/C18H19F2NO5S/c1-12(27(23,24)15-6-3-13(19)4-7-15)18(22)21-14-5-8-17(16(20)11-14)26-10-9-25-2/h3-8,11-12H,9-10H2,1-2H3,(H,21,22). The van der Waals surface area contributed by atoms with Crippen LogP contribution in [0.5, 0.6) is 5.75 Å². The number of ether oxygens (including phenoxy) is 2. The number of anilines is 1. The van der Waals surface area contributed by atoms with Crippen LogP contribution >= 0.6 is 0 Å². The van der Waals surface area contributed by atoms with Crippen molar-refractivity contribution >= 4 is 21.4 Å². The van der Waals surface area contributed by atoms with Crippen molar-refractivity contribution in [3.8, 4) is 5.75 Å². The minimum absolute atomic E-state index is 0.0166. The predicted octanol–water partition coefficient (Wildman–Crippen LogP) is 2.79. The smallest absolute Gasteiger partial charge is 0.242 e. The highest BCUT2D eigenvalue weighted by Gasteiger charge is 2.30. The number of nitrogens with one attached hydrogen (secondary N) is 1. The lowest BCUT2D eigenvalue weighted by Gasteiger charge is -2.14. The first-order valence-electron chi connectivity index (χ1n) is 7.97. The topological polar surface area (TPSA) is 81.7 Å². The Morgan fingerprint density at radius 3 is 2.37 bits per heavy atom.